The van der Waals surface area contributed by atoms with Gasteiger partial charge in [0.2, 0.25) is 0 Å². The lowest BCUT2D eigenvalue weighted by molar-refractivity contribution is 0.0955. The first-order valence-electron chi connectivity index (χ1n) is 10.3. The first-order valence-corrected chi connectivity index (χ1v) is 10.3. The predicted molar refractivity (Wildman–Crippen MR) is 124 cm³/mol. The Labute approximate surface area is 188 Å². The highest BCUT2D eigenvalue weighted by molar-refractivity contribution is 5.94. The molecule has 2 aromatic carbocycles. The number of nitrogens with one attached hydrogen (secondary N) is 1. The van der Waals surface area contributed by atoms with Crippen LogP contribution in [0.3, 0.4) is 0 Å². The molecular formula is C25H27N3O4. The Hall–Kier alpha value is -3.87. The minimum absolute atomic E-state index is 0.307. The van der Waals surface area contributed by atoms with E-state index in [4.69, 9.17) is 14.2 Å². The number of ether oxygens (including phenoxy) is 3. The quantitative estimate of drug-likeness (QED) is 0.293. The van der Waals surface area contributed by atoms with E-state index in [0.717, 1.165) is 17.7 Å². The summed E-state index contributed by atoms with van der Waals surface area (Å²) in [6.45, 7) is 5.21. The van der Waals surface area contributed by atoms with Crippen LogP contribution in [0.4, 0.5) is 0 Å². The maximum atomic E-state index is 12.0. The number of amides is 1. The normalized spacial score (nSPS) is 10.7. The molecule has 0 fully saturated rings. The molecule has 1 amide bonds. The summed E-state index contributed by atoms with van der Waals surface area (Å²) in [5.41, 5.74) is 6.20. The van der Waals surface area contributed by atoms with E-state index in [9.17, 15) is 4.79 Å². The average Bonchev–Trinajstić information content (AvgIpc) is 2.82. The Bertz CT molecular complexity index is 1070. The zero-order valence-corrected chi connectivity index (χ0v) is 18.5. The van der Waals surface area contributed by atoms with Gasteiger partial charge < -0.3 is 14.2 Å². The number of hydrogen-bond acceptors (Lipinski definition) is 6. The first kappa shape index (κ1) is 22.8. The van der Waals surface area contributed by atoms with Crippen molar-refractivity contribution in [3.05, 3.63) is 83.2 Å². The maximum Gasteiger partial charge on any atom is 0.271 e. The number of carbonyl (C=O) groups is 1. The summed E-state index contributed by atoms with van der Waals surface area (Å²) in [5.74, 6) is 1.78. The number of benzene rings is 2. The van der Waals surface area contributed by atoms with Gasteiger partial charge in [-0.1, -0.05) is 6.07 Å². The van der Waals surface area contributed by atoms with E-state index in [1.165, 1.54) is 11.1 Å². The standard InChI is InChI=1S/C25H27N3O4/c1-18-5-7-22(15-19(18)2)31-13-4-14-32-23-8-6-20(16-24(23)30-3)17-27-28-25(29)21-9-11-26-12-10-21/h5-12,15-17H,4,13-14H2,1-3H3,(H,28,29)/b27-17+. The molecule has 0 bridgehead atoms. The van der Waals surface area contributed by atoms with Crippen LogP contribution in [0, 0.1) is 13.8 Å². The van der Waals surface area contributed by atoms with Gasteiger partial charge >= 0.3 is 0 Å². The van der Waals surface area contributed by atoms with Crippen LogP contribution in [-0.4, -0.2) is 37.4 Å². The van der Waals surface area contributed by atoms with Gasteiger partial charge in [-0.3, -0.25) is 9.78 Å². The van der Waals surface area contributed by atoms with Crippen molar-refractivity contribution in [2.45, 2.75) is 20.3 Å². The summed E-state index contributed by atoms with van der Waals surface area (Å²) in [5, 5.41) is 3.99. The number of hydrogen-bond donors (Lipinski definition) is 1. The number of rotatable bonds is 10. The summed E-state index contributed by atoms with van der Waals surface area (Å²) in [7, 11) is 1.58. The summed E-state index contributed by atoms with van der Waals surface area (Å²) >= 11 is 0. The molecule has 3 rings (SSSR count). The largest absolute Gasteiger partial charge is 0.493 e. The van der Waals surface area contributed by atoms with Crippen molar-refractivity contribution < 1.29 is 19.0 Å². The van der Waals surface area contributed by atoms with Gasteiger partial charge in [0.1, 0.15) is 5.75 Å². The van der Waals surface area contributed by atoms with Gasteiger partial charge in [-0.15, -0.1) is 0 Å². The molecule has 166 valence electrons. The molecule has 7 heteroatoms. The van der Waals surface area contributed by atoms with Crippen molar-refractivity contribution in [3.63, 3.8) is 0 Å². The highest BCUT2D eigenvalue weighted by atomic mass is 16.5. The molecule has 1 heterocycles. The van der Waals surface area contributed by atoms with Crippen molar-refractivity contribution in [1.29, 1.82) is 0 Å². The number of nitrogens with zero attached hydrogens (tertiary/aromatic N) is 2. The SMILES string of the molecule is COc1cc(/C=N/NC(=O)c2ccncc2)ccc1OCCCOc1ccc(C)c(C)c1. The van der Waals surface area contributed by atoms with Crippen LogP contribution < -0.4 is 19.6 Å². The van der Waals surface area contributed by atoms with Crippen molar-refractivity contribution >= 4 is 12.1 Å². The van der Waals surface area contributed by atoms with Crippen LogP contribution in [0.25, 0.3) is 0 Å². The van der Waals surface area contributed by atoms with Gasteiger partial charge in [-0.05, 0) is 73.0 Å². The topological polar surface area (TPSA) is 82.0 Å². The molecule has 0 atom stereocenters. The van der Waals surface area contributed by atoms with Crippen LogP contribution in [0.15, 0.2) is 66.0 Å². The zero-order chi connectivity index (χ0) is 22.8. The van der Waals surface area contributed by atoms with E-state index in [1.807, 2.05) is 24.3 Å². The highest BCUT2D eigenvalue weighted by Gasteiger charge is 2.06. The van der Waals surface area contributed by atoms with Crippen LogP contribution in [-0.2, 0) is 0 Å². The van der Waals surface area contributed by atoms with Crippen molar-refractivity contribution in [1.82, 2.24) is 10.4 Å². The molecule has 0 saturated heterocycles. The maximum absolute atomic E-state index is 12.0. The molecule has 0 saturated carbocycles. The number of aromatic nitrogens is 1. The summed E-state index contributed by atoms with van der Waals surface area (Å²) < 4.78 is 17.0. The lowest BCUT2D eigenvalue weighted by atomic mass is 10.1. The van der Waals surface area contributed by atoms with Crippen molar-refractivity contribution in [2.75, 3.05) is 20.3 Å². The first-order chi connectivity index (χ1) is 15.6. The van der Waals surface area contributed by atoms with E-state index in [2.05, 4.69) is 35.4 Å². The number of pyridine rings is 1. The molecule has 0 radical (unpaired) electrons. The van der Waals surface area contributed by atoms with Gasteiger partial charge in [-0.25, -0.2) is 5.43 Å². The lowest BCUT2D eigenvalue weighted by Gasteiger charge is -2.12. The van der Waals surface area contributed by atoms with E-state index >= 15 is 0 Å². The van der Waals surface area contributed by atoms with Crippen molar-refractivity contribution in [2.24, 2.45) is 5.10 Å². The number of carbonyl (C=O) groups excluding carboxylic acids is 1. The van der Waals surface area contributed by atoms with E-state index in [-0.39, 0.29) is 5.91 Å². The fourth-order valence-electron chi connectivity index (χ4n) is 2.85. The van der Waals surface area contributed by atoms with Gasteiger partial charge in [-0.2, -0.15) is 5.10 Å². The smallest absolute Gasteiger partial charge is 0.271 e. The summed E-state index contributed by atoms with van der Waals surface area (Å²) in [6, 6.07) is 14.8. The van der Waals surface area contributed by atoms with Gasteiger partial charge in [0.25, 0.3) is 5.91 Å². The van der Waals surface area contributed by atoms with Gasteiger partial charge in [0.05, 0.1) is 26.5 Å². The van der Waals surface area contributed by atoms with Crippen LogP contribution >= 0.6 is 0 Å². The second kappa shape index (κ2) is 11.5. The molecule has 1 aromatic heterocycles. The van der Waals surface area contributed by atoms with Gasteiger partial charge in [0, 0.05) is 24.4 Å². The molecule has 0 aliphatic heterocycles. The third-order valence-corrected chi connectivity index (χ3v) is 4.80. The number of hydrazone groups is 1. The Balaban J connectivity index is 1.47. The second-order valence-corrected chi connectivity index (χ2v) is 7.14. The minimum Gasteiger partial charge on any atom is -0.493 e. The minimum atomic E-state index is -0.307. The fourth-order valence-corrected chi connectivity index (χ4v) is 2.85. The Morgan fingerprint density at radius 2 is 1.75 bits per heavy atom. The third kappa shape index (κ3) is 6.57. The molecule has 0 aliphatic carbocycles. The lowest BCUT2D eigenvalue weighted by Crippen LogP contribution is -2.17. The molecule has 1 N–H and O–H groups in total. The zero-order valence-electron chi connectivity index (χ0n) is 18.5. The predicted octanol–water partition coefficient (Wildman–Crippen LogP) is 4.32. The number of methoxy groups -OCH3 is 1. The molecule has 3 aromatic rings. The summed E-state index contributed by atoms with van der Waals surface area (Å²) in [4.78, 5) is 15.9. The van der Waals surface area contributed by atoms with Crippen LogP contribution in [0.2, 0.25) is 0 Å². The summed E-state index contributed by atoms with van der Waals surface area (Å²) in [6.07, 6.45) is 5.39. The Morgan fingerprint density at radius 1 is 0.969 bits per heavy atom. The molecule has 0 spiro atoms. The van der Waals surface area contributed by atoms with Gasteiger partial charge in [0.15, 0.2) is 11.5 Å². The van der Waals surface area contributed by atoms with E-state index in [1.54, 1.807) is 43.9 Å². The monoisotopic (exact) mass is 433 g/mol. The van der Waals surface area contributed by atoms with E-state index in [0.29, 0.717) is 30.3 Å². The third-order valence-electron chi connectivity index (χ3n) is 4.80. The fraction of sp³-hybridized carbons (Fsp3) is 0.240. The van der Waals surface area contributed by atoms with Crippen LogP contribution in [0.1, 0.15) is 33.5 Å². The molecule has 0 unspecified atom stereocenters. The number of aryl methyl sites for hydroxylation is 2. The molecule has 32 heavy (non-hydrogen) atoms. The van der Waals surface area contributed by atoms with E-state index < -0.39 is 0 Å². The Kier molecular flexibility index (Phi) is 8.20. The Morgan fingerprint density at radius 3 is 2.50 bits per heavy atom. The van der Waals surface area contributed by atoms with Crippen molar-refractivity contribution in [3.8, 4) is 17.2 Å². The molecule has 7 nitrogen and oxygen atoms in total. The van der Waals surface area contributed by atoms with Crippen LogP contribution in [0.5, 0.6) is 17.2 Å². The highest BCUT2D eigenvalue weighted by Crippen LogP contribution is 2.27. The molecule has 0 aliphatic rings. The second-order valence-electron chi connectivity index (χ2n) is 7.14. The molecular weight excluding hydrogens is 406 g/mol. The average molecular weight is 434 g/mol.